The summed E-state index contributed by atoms with van der Waals surface area (Å²) in [5.41, 5.74) is 5.16. The third-order valence-electron chi connectivity index (χ3n) is 4.26. The first-order chi connectivity index (χ1) is 10.7. The molecule has 1 fully saturated rings. The summed E-state index contributed by atoms with van der Waals surface area (Å²) >= 11 is 0. The summed E-state index contributed by atoms with van der Waals surface area (Å²) in [4.78, 5) is 12.3. The highest BCUT2D eigenvalue weighted by atomic mass is 33.1. The molecule has 3 N–H and O–H groups in total. The minimum Gasteiger partial charge on any atom is -0.375 e. The Morgan fingerprint density at radius 1 is 1.35 bits per heavy atom. The number of amides is 1. The molecule has 1 aliphatic heterocycles. The number of carbonyl (C=O) groups is 1. The molecule has 1 aliphatic rings. The Morgan fingerprint density at radius 3 is 2.61 bits per heavy atom. The molecule has 1 amide bonds. The van der Waals surface area contributed by atoms with E-state index in [9.17, 15) is 4.79 Å². The van der Waals surface area contributed by atoms with Crippen molar-refractivity contribution in [1.82, 2.24) is 5.32 Å². The summed E-state index contributed by atoms with van der Waals surface area (Å²) in [7, 11) is 3.87. The number of nitrogens with one attached hydrogen (secondary N) is 1. The molecule has 1 rings (SSSR count). The first-order valence-corrected chi connectivity index (χ1v) is 11.0. The molecule has 0 aliphatic carbocycles. The van der Waals surface area contributed by atoms with Crippen LogP contribution in [0.2, 0.25) is 0 Å². The zero-order valence-electron chi connectivity index (χ0n) is 15.3. The second-order valence-corrected chi connectivity index (χ2v) is 10.5. The summed E-state index contributed by atoms with van der Waals surface area (Å²) in [6.45, 7) is 11.7. The Kier molecular flexibility index (Phi) is 8.77. The molecular formula is C17H34N2O2S2. The fraction of sp³-hybridized carbons (Fsp3) is 0.941. The first-order valence-electron chi connectivity index (χ1n) is 8.58. The van der Waals surface area contributed by atoms with Gasteiger partial charge in [-0.2, -0.15) is 0 Å². The van der Waals surface area contributed by atoms with Crippen LogP contribution in [-0.4, -0.2) is 41.2 Å². The molecule has 0 aromatic carbocycles. The summed E-state index contributed by atoms with van der Waals surface area (Å²) in [6, 6.07) is 0. The van der Waals surface area contributed by atoms with E-state index in [4.69, 9.17) is 10.5 Å². The van der Waals surface area contributed by atoms with Crippen LogP contribution in [-0.2, 0) is 9.53 Å². The number of hydrogen-bond donors (Lipinski definition) is 2. The van der Waals surface area contributed by atoms with E-state index >= 15 is 0 Å². The van der Waals surface area contributed by atoms with Crippen molar-refractivity contribution in [2.75, 3.05) is 18.9 Å². The molecule has 4 nitrogen and oxygen atoms in total. The maximum absolute atomic E-state index is 12.3. The van der Waals surface area contributed by atoms with Crippen LogP contribution in [0.5, 0.6) is 0 Å². The van der Waals surface area contributed by atoms with Gasteiger partial charge in [-0.3, -0.25) is 4.79 Å². The van der Waals surface area contributed by atoms with Crippen LogP contribution in [0.25, 0.3) is 0 Å². The lowest BCUT2D eigenvalue weighted by atomic mass is 9.97. The Balaban J connectivity index is 2.31. The lowest BCUT2D eigenvalue weighted by Gasteiger charge is -2.30. The predicted octanol–water partition coefficient (Wildman–Crippen LogP) is 3.60. The number of rotatable bonds is 10. The van der Waals surface area contributed by atoms with Gasteiger partial charge < -0.3 is 15.8 Å². The van der Waals surface area contributed by atoms with Crippen LogP contribution in [0.1, 0.15) is 60.3 Å². The second-order valence-electron chi connectivity index (χ2n) is 7.76. The van der Waals surface area contributed by atoms with E-state index in [2.05, 4.69) is 39.9 Å². The van der Waals surface area contributed by atoms with Crippen LogP contribution in [0.15, 0.2) is 0 Å². The van der Waals surface area contributed by atoms with Crippen molar-refractivity contribution in [1.29, 1.82) is 0 Å². The molecule has 0 spiro atoms. The van der Waals surface area contributed by atoms with Crippen LogP contribution in [0, 0.1) is 5.92 Å². The molecule has 23 heavy (non-hydrogen) atoms. The van der Waals surface area contributed by atoms with Crippen molar-refractivity contribution in [2.45, 2.75) is 76.7 Å². The van der Waals surface area contributed by atoms with E-state index in [-0.39, 0.29) is 17.0 Å². The molecule has 0 saturated carbocycles. The van der Waals surface area contributed by atoms with Gasteiger partial charge in [-0.15, -0.1) is 0 Å². The number of nitrogens with two attached hydrogens (primary N) is 1. The Hall–Kier alpha value is 0.0900. The number of carbonyl (C=O) groups excluding carboxylic acids is 1. The van der Waals surface area contributed by atoms with E-state index in [1.807, 2.05) is 21.6 Å². The van der Waals surface area contributed by atoms with Crippen LogP contribution in [0.3, 0.4) is 0 Å². The van der Waals surface area contributed by atoms with Crippen LogP contribution in [0.4, 0.5) is 0 Å². The lowest BCUT2D eigenvalue weighted by Crippen LogP contribution is -2.45. The number of hydrogen-bond acceptors (Lipinski definition) is 5. The van der Waals surface area contributed by atoms with Gasteiger partial charge in [-0.1, -0.05) is 28.5 Å². The van der Waals surface area contributed by atoms with Crippen LogP contribution < -0.4 is 11.1 Å². The van der Waals surface area contributed by atoms with Crippen LogP contribution >= 0.6 is 21.6 Å². The molecule has 6 heteroatoms. The molecule has 136 valence electrons. The fourth-order valence-corrected chi connectivity index (χ4v) is 5.87. The van der Waals surface area contributed by atoms with Crippen molar-refractivity contribution < 1.29 is 9.53 Å². The monoisotopic (exact) mass is 362 g/mol. The average molecular weight is 363 g/mol. The van der Waals surface area contributed by atoms with E-state index in [1.54, 1.807) is 0 Å². The SMILES string of the molecule is CC(CC(=O)NC(C)(C)CCOC(C)(C)CCN)C1CCSS1. The van der Waals surface area contributed by atoms with Gasteiger partial charge in [0.15, 0.2) is 0 Å². The Morgan fingerprint density at radius 2 is 2.04 bits per heavy atom. The molecule has 2 atom stereocenters. The molecule has 0 bridgehead atoms. The normalized spacial score (nSPS) is 20.5. The molecule has 1 heterocycles. The zero-order valence-corrected chi connectivity index (χ0v) is 16.9. The summed E-state index contributed by atoms with van der Waals surface area (Å²) in [5.74, 6) is 1.80. The lowest BCUT2D eigenvalue weighted by molar-refractivity contribution is -0.123. The van der Waals surface area contributed by atoms with Gasteiger partial charge in [0.2, 0.25) is 5.91 Å². The van der Waals surface area contributed by atoms with Gasteiger partial charge in [-0.25, -0.2) is 0 Å². The minimum atomic E-state index is -0.243. The zero-order chi connectivity index (χ0) is 17.5. The van der Waals surface area contributed by atoms with Gasteiger partial charge >= 0.3 is 0 Å². The van der Waals surface area contributed by atoms with Crippen molar-refractivity contribution in [3.63, 3.8) is 0 Å². The molecule has 0 radical (unpaired) electrons. The van der Waals surface area contributed by atoms with E-state index in [1.165, 1.54) is 12.2 Å². The smallest absolute Gasteiger partial charge is 0.220 e. The first kappa shape index (κ1) is 21.1. The van der Waals surface area contributed by atoms with Gasteiger partial charge in [0.25, 0.3) is 0 Å². The quantitative estimate of drug-likeness (QED) is 0.581. The second kappa shape index (κ2) is 9.54. The van der Waals surface area contributed by atoms with Gasteiger partial charge in [0.1, 0.15) is 0 Å². The minimum absolute atomic E-state index is 0.154. The van der Waals surface area contributed by atoms with Crippen molar-refractivity contribution in [2.24, 2.45) is 11.7 Å². The summed E-state index contributed by atoms with van der Waals surface area (Å²) in [6.07, 6.45) is 3.47. The highest BCUT2D eigenvalue weighted by molar-refractivity contribution is 8.77. The Labute approximate surface area is 149 Å². The van der Waals surface area contributed by atoms with E-state index in [0.717, 1.165) is 12.8 Å². The highest BCUT2D eigenvalue weighted by Crippen LogP contribution is 2.42. The van der Waals surface area contributed by atoms with Crippen molar-refractivity contribution >= 4 is 27.5 Å². The summed E-state index contributed by atoms with van der Waals surface area (Å²) < 4.78 is 5.91. The van der Waals surface area contributed by atoms with E-state index in [0.29, 0.717) is 30.7 Å². The van der Waals surface area contributed by atoms with Crippen molar-refractivity contribution in [3.8, 4) is 0 Å². The van der Waals surface area contributed by atoms with Gasteiger partial charge in [0.05, 0.1) is 5.60 Å². The van der Waals surface area contributed by atoms with Gasteiger partial charge in [0, 0.05) is 29.6 Å². The molecule has 0 aromatic heterocycles. The molecule has 0 aromatic rings. The molecular weight excluding hydrogens is 328 g/mol. The summed E-state index contributed by atoms with van der Waals surface area (Å²) in [5, 5.41) is 3.79. The van der Waals surface area contributed by atoms with Crippen molar-refractivity contribution in [3.05, 3.63) is 0 Å². The van der Waals surface area contributed by atoms with Gasteiger partial charge in [-0.05, 0) is 59.4 Å². The molecule has 1 saturated heterocycles. The third kappa shape index (κ3) is 8.66. The average Bonchev–Trinajstić information content (AvgIpc) is 2.90. The maximum Gasteiger partial charge on any atom is 0.220 e. The predicted molar refractivity (Wildman–Crippen MR) is 103 cm³/mol. The standard InChI is InChI=1S/C17H34N2O2S2/c1-13(14-6-11-22-23-14)12-15(20)19-16(2,3)8-10-21-17(4,5)7-9-18/h13-14H,6-12,18H2,1-5H3,(H,19,20). The maximum atomic E-state index is 12.3. The molecule has 2 unspecified atom stereocenters. The van der Waals surface area contributed by atoms with E-state index < -0.39 is 0 Å². The number of ether oxygens (including phenoxy) is 1. The highest BCUT2D eigenvalue weighted by Gasteiger charge is 2.27. The third-order valence-corrected chi connectivity index (χ3v) is 7.40. The largest absolute Gasteiger partial charge is 0.375 e. The Bertz CT molecular complexity index is 370. The topological polar surface area (TPSA) is 64.3 Å². The fourth-order valence-electron chi connectivity index (χ4n) is 2.64.